The first-order valence-electron chi connectivity index (χ1n) is 7.99. The van der Waals surface area contributed by atoms with Crippen molar-refractivity contribution in [3.8, 4) is 0 Å². The number of ether oxygens (including phenoxy) is 1. The number of aryl methyl sites for hydroxylation is 1. The maximum absolute atomic E-state index is 11.9. The molecular weight excluding hydrogens is 360 g/mol. The van der Waals surface area contributed by atoms with Crippen LogP contribution >= 0.6 is 23.6 Å². The second kappa shape index (κ2) is 7.61. The number of benzene rings is 1. The number of hydrogen-bond acceptors (Lipinski definition) is 7. The molecule has 1 aromatic heterocycles. The smallest absolute Gasteiger partial charge is 0.364 e. The number of carbonyl (C=O) groups excluding carboxylic acids is 1. The van der Waals surface area contributed by atoms with Crippen molar-refractivity contribution in [2.24, 2.45) is 0 Å². The van der Waals surface area contributed by atoms with Crippen molar-refractivity contribution < 1.29 is 19.5 Å². The van der Waals surface area contributed by atoms with E-state index >= 15 is 0 Å². The summed E-state index contributed by atoms with van der Waals surface area (Å²) in [7, 11) is 1.36. The molecule has 9 heteroatoms. The van der Waals surface area contributed by atoms with Crippen LogP contribution in [0.25, 0.3) is 0 Å². The Balaban J connectivity index is 1.75. The van der Waals surface area contributed by atoms with E-state index in [2.05, 4.69) is 10.4 Å². The normalized spacial score (nSPS) is 22.8. The molecule has 2 aromatic rings. The van der Waals surface area contributed by atoms with E-state index in [1.807, 2.05) is 31.2 Å². The standard InChI is InChI=1S/C16H20N4O3S2/c1-10-5-3-4-6-12(10)17-15-18-20(16(24)25-15)9-19-8-11(21)7-13(19)14(22)23-2/h3-6,11,13,21H,7-9H2,1-2H3,(H,17,18)/p+1/t11-,13-/m0/s1. The van der Waals surface area contributed by atoms with Crippen LogP contribution in [0.5, 0.6) is 0 Å². The fourth-order valence-electron chi connectivity index (χ4n) is 3.02. The first-order valence-corrected chi connectivity index (χ1v) is 9.21. The Kier molecular flexibility index (Phi) is 5.48. The van der Waals surface area contributed by atoms with Crippen LogP contribution < -0.4 is 10.2 Å². The molecule has 3 rings (SSSR count). The Morgan fingerprint density at radius 3 is 3.04 bits per heavy atom. The van der Waals surface area contributed by atoms with Gasteiger partial charge in [-0.25, -0.2) is 4.79 Å². The molecule has 1 fully saturated rings. The van der Waals surface area contributed by atoms with Gasteiger partial charge in [-0.1, -0.05) is 29.5 Å². The SMILES string of the molecule is COC(=O)[C@@H]1C[C@H](O)C[NH+]1Cn1nc(Nc2ccccc2C)sc1=S. The van der Waals surface area contributed by atoms with Gasteiger partial charge in [-0.3, -0.25) is 0 Å². The molecule has 0 spiro atoms. The number of rotatable bonds is 5. The van der Waals surface area contributed by atoms with Gasteiger partial charge in [0.2, 0.25) is 5.13 Å². The average Bonchev–Trinajstić information content (AvgIpc) is 3.12. The number of anilines is 2. The van der Waals surface area contributed by atoms with E-state index in [4.69, 9.17) is 17.0 Å². The van der Waals surface area contributed by atoms with Crippen LogP contribution in [0.2, 0.25) is 0 Å². The number of nitrogens with zero attached hydrogens (tertiary/aromatic N) is 2. The van der Waals surface area contributed by atoms with Gasteiger partial charge >= 0.3 is 5.97 Å². The molecule has 3 atom stereocenters. The predicted molar refractivity (Wildman–Crippen MR) is 97.7 cm³/mol. The minimum Gasteiger partial charge on any atom is -0.465 e. The quantitative estimate of drug-likeness (QED) is 0.527. The van der Waals surface area contributed by atoms with Gasteiger partial charge in [-0.15, -0.1) is 5.10 Å². The minimum atomic E-state index is -0.517. The Bertz CT molecular complexity index is 820. The summed E-state index contributed by atoms with van der Waals surface area (Å²) in [5.74, 6) is -0.313. The molecule has 134 valence electrons. The third kappa shape index (κ3) is 4.06. The maximum Gasteiger partial charge on any atom is 0.364 e. The van der Waals surface area contributed by atoms with Crippen molar-refractivity contribution in [2.75, 3.05) is 19.0 Å². The average molecular weight is 382 g/mol. The van der Waals surface area contributed by atoms with Gasteiger partial charge in [0, 0.05) is 12.1 Å². The molecule has 0 bridgehead atoms. The highest BCUT2D eigenvalue weighted by Crippen LogP contribution is 2.22. The highest BCUT2D eigenvalue weighted by Gasteiger charge is 2.41. The molecule has 0 saturated carbocycles. The van der Waals surface area contributed by atoms with Crippen molar-refractivity contribution in [3.05, 3.63) is 33.8 Å². The predicted octanol–water partition coefficient (Wildman–Crippen LogP) is 0.875. The van der Waals surface area contributed by atoms with Gasteiger partial charge < -0.3 is 20.1 Å². The molecule has 3 N–H and O–H groups in total. The van der Waals surface area contributed by atoms with Crippen LogP contribution in [0.15, 0.2) is 24.3 Å². The largest absolute Gasteiger partial charge is 0.465 e. The van der Waals surface area contributed by atoms with Crippen LogP contribution in [0.1, 0.15) is 12.0 Å². The Morgan fingerprint density at radius 2 is 2.32 bits per heavy atom. The van der Waals surface area contributed by atoms with Crippen LogP contribution in [0.4, 0.5) is 10.8 Å². The van der Waals surface area contributed by atoms with Crippen LogP contribution in [-0.2, 0) is 16.2 Å². The number of hydrogen-bond donors (Lipinski definition) is 3. The lowest BCUT2D eigenvalue weighted by Gasteiger charge is -2.18. The van der Waals surface area contributed by atoms with Crippen LogP contribution in [-0.4, -0.2) is 46.7 Å². The molecule has 1 aromatic carbocycles. The molecule has 0 radical (unpaired) electrons. The van der Waals surface area contributed by atoms with E-state index < -0.39 is 12.1 Å². The van der Waals surface area contributed by atoms with E-state index in [0.29, 0.717) is 28.7 Å². The summed E-state index contributed by atoms with van der Waals surface area (Å²) in [5, 5.41) is 18.4. The molecule has 1 unspecified atom stereocenters. The number of nitrogens with one attached hydrogen (secondary N) is 2. The lowest BCUT2D eigenvalue weighted by molar-refractivity contribution is -0.928. The van der Waals surface area contributed by atoms with Crippen molar-refractivity contribution >= 4 is 40.3 Å². The van der Waals surface area contributed by atoms with E-state index in [1.54, 1.807) is 4.68 Å². The first kappa shape index (κ1) is 18.0. The third-order valence-electron chi connectivity index (χ3n) is 4.33. The van der Waals surface area contributed by atoms with Crippen LogP contribution in [0, 0.1) is 10.9 Å². The Hall–Kier alpha value is -1.81. The number of aliphatic hydroxyl groups is 1. The van der Waals surface area contributed by atoms with Crippen molar-refractivity contribution in [1.82, 2.24) is 9.78 Å². The number of carbonyl (C=O) groups is 1. The van der Waals surface area contributed by atoms with Gasteiger partial charge in [-0.05, 0) is 30.8 Å². The second-order valence-electron chi connectivity index (χ2n) is 6.10. The maximum atomic E-state index is 11.9. The molecule has 1 aliphatic heterocycles. The van der Waals surface area contributed by atoms with E-state index in [-0.39, 0.29) is 5.97 Å². The molecule has 1 aliphatic rings. The number of quaternary nitrogens is 1. The zero-order valence-corrected chi connectivity index (χ0v) is 15.7. The van der Waals surface area contributed by atoms with Crippen LogP contribution in [0.3, 0.4) is 0 Å². The van der Waals surface area contributed by atoms with Gasteiger partial charge in [0.15, 0.2) is 16.7 Å². The molecular formula is C16H21N4O3S2+. The van der Waals surface area contributed by atoms with E-state index in [0.717, 1.165) is 16.2 Å². The Morgan fingerprint density at radius 1 is 1.56 bits per heavy atom. The summed E-state index contributed by atoms with van der Waals surface area (Å²) in [6.45, 7) is 2.91. The molecule has 7 nitrogen and oxygen atoms in total. The summed E-state index contributed by atoms with van der Waals surface area (Å²) in [6.07, 6.45) is -0.121. The van der Waals surface area contributed by atoms with Gasteiger partial charge in [-0.2, -0.15) is 4.68 Å². The summed E-state index contributed by atoms with van der Waals surface area (Å²) in [5.41, 5.74) is 2.10. The first-order chi connectivity index (χ1) is 12.0. The minimum absolute atomic E-state index is 0.313. The number of aromatic nitrogens is 2. The van der Waals surface area contributed by atoms with Gasteiger partial charge in [0.25, 0.3) is 0 Å². The highest BCUT2D eigenvalue weighted by atomic mass is 32.1. The number of para-hydroxylation sites is 1. The molecule has 0 aliphatic carbocycles. The van der Waals surface area contributed by atoms with Crippen molar-refractivity contribution in [3.63, 3.8) is 0 Å². The fourth-order valence-corrected chi connectivity index (χ4v) is 4.04. The van der Waals surface area contributed by atoms with E-state index in [1.165, 1.54) is 18.4 Å². The van der Waals surface area contributed by atoms with Crippen molar-refractivity contribution in [2.45, 2.75) is 32.2 Å². The Labute approximate surface area is 154 Å². The molecule has 2 heterocycles. The van der Waals surface area contributed by atoms with Crippen molar-refractivity contribution in [1.29, 1.82) is 0 Å². The zero-order chi connectivity index (χ0) is 18.0. The number of esters is 1. The number of aliphatic hydroxyl groups excluding tert-OH is 1. The highest BCUT2D eigenvalue weighted by molar-refractivity contribution is 7.73. The number of likely N-dealkylation sites (tertiary alicyclic amines) is 1. The third-order valence-corrected chi connectivity index (χ3v) is 5.55. The second-order valence-corrected chi connectivity index (χ2v) is 7.72. The summed E-state index contributed by atoms with van der Waals surface area (Å²) in [4.78, 5) is 12.8. The lowest BCUT2D eigenvalue weighted by atomic mass is 10.2. The monoisotopic (exact) mass is 381 g/mol. The summed E-state index contributed by atoms with van der Waals surface area (Å²) < 4.78 is 7.16. The zero-order valence-electron chi connectivity index (χ0n) is 14.1. The van der Waals surface area contributed by atoms with E-state index in [9.17, 15) is 9.90 Å². The molecule has 0 amide bonds. The summed E-state index contributed by atoms with van der Waals surface area (Å²) in [6, 6.07) is 7.56. The van der Waals surface area contributed by atoms with Gasteiger partial charge in [0.05, 0.1) is 7.11 Å². The summed E-state index contributed by atoms with van der Waals surface area (Å²) >= 11 is 6.79. The van der Waals surface area contributed by atoms with Gasteiger partial charge in [0.1, 0.15) is 12.6 Å². The topological polar surface area (TPSA) is 80.8 Å². The fraction of sp³-hybridized carbons (Fsp3) is 0.438. The molecule has 1 saturated heterocycles. The molecule has 25 heavy (non-hydrogen) atoms. The number of methoxy groups -OCH3 is 1. The lowest BCUT2D eigenvalue weighted by Crippen LogP contribution is -3.14.